The van der Waals surface area contributed by atoms with E-state index in [1.165, 1.54) is 0 Å². The second-order valence-electron chi connectivity index (χ2n) is 5.96. The number of hydrazine groups is 1. The van der Waals surface area contributed by atoms with Crippen LogP contribution in [0.4, 0.5) is 5.69 Å². The number of aliphatic imine (C=N–C) groups is 2. The third-order valence-corrected chi connectivity index (χ3v) is 4.16. The van der Waals surface area contributed by atoms with Crippen LogP contribution in [0.2, 0.25) is 0 Å². The van der Waals surface area contributed by atoms with Gasteiger partial charge in [0.1, 0.15) is 11.6 Å². The summed E-state index contributed by atoms with van der Waals surface area (Å²) in [6.45, 7) is 7.32. The first-order valence-electron chi connectivity index (χ1n) is 8.31. The summed E-state index contributed by atoms with van der Waals surface area (Å²) in [6.07, 6.45) is 3.35. The zero-order chi connectivity index (χ0) is 17.8. The number of rotatable bonds is 4. The maximum atomic E-state index is 9.64. The lowest BCUT2D eigenvalue weighted by Crippen LogP contribution is -2.40. The molecule has 2 aliphatic heterocycles. The molecule has 1 aromatic carbocycles. The van der Waals surface area contributed by atoms with Gasteiger partial charge >= 0.3 is 0 Å². The average Bonchev–Trinajstić information content (AvgIpc) is 3.11. The van der Waals surface area contributed by atoms with Crippen LogP contribution in [0.5, 0.6) is 5.75 Å². The number of hydrogen-bond donors (Lipinski definition) is 4. The Bertz CT molecular complexity index is 761. The molecule has 0 bridgehead atoms. The molecule has 0 unspecified atom stereocenters. The highest BCUT2D eigenvalue weighted by molar-refractivity contribution is 6.29. The molecule has 0 saturated carbocycles. The molecular weight excluding hydrogens is 318 g/mol. The summed E-state index contributed by atoms with van der Waals surface area (Å²) in [5.74, 6) is 0.558. The van der Waals surface area contributed by atoms with Crippen LogP contribution in [0.3, 0.4) is 0 Å². The standard InChI is InChI=1S/C18H23N5O2/c1-3-12-8-14(24)4-5-16(12)22-18(19)15-9-20-23-11(2)17(15)21-13-6-7-25-10-13/h4-5,8-9,13,20,23-24H,2-3,6-7,10H2,1H3,(H2,19,22)/t13-/m0/s1. The van der Waals surface area contributed by atoms with Crippen molar-refractivity contribution in [2.24, 2.45) is 15.7 Å². The summed E-state index contributed by atoms with van der Waals surface area (Å²) in [7, 11) is 0. The summed E-state index contributed by atoms with van der Waals surface area (Å²) in [5.41, 5.74) is 15.8. The summed E-state index contributed by atoms with van der Waals surface area (Å²) < 4.78 is 5.39. The minimum absolute atomic E-state index is 0.0997. The number of ether oxygens (including phenoxy) is 1. The highest BCUT2D eigenvalue weighted by atomic mass is 16.5. The van der Waals surface area contributed by atoms with Crippen LogP contribution in [0.1, 0.15) is 18.9 Å². The number of hydrogen-bond acceptors (Lipinski definition) is 6. The van der Waals surface area contributed by atoms with Crippen molar-refractivity contribution in [2.45, 2.75) is 25.8 Å². The van der Waals surface area contributed by atoms with Gasteiger partial charge in [-0.2, -0.15) is 0 Å². The van der Waals surface area contributed by atoms with Crippen molar-refractivity contribution in [2.75, 3.05) is 13.2 Å². The lowest BCUT2D eigenvalue weighted by molar-refractivity contribution is 0.194. The van der Waals surface area contributed by atoms with E-state index in [1.54, 1.807) is 24.4 Å². The van der Waals surface area contributed by atoms with Gasteiger partial charge in [-0.25, -0.2) is 4.99 Å². The van der Waals surface area contributed by atoms with Crippen molar-refractivity contribution in [3.63, 3.8) is 0 Å². The first-order valence-corrected chi connectivity index (χ1v) is 8.31. The molecule has 2 aliphatic rings. The molecule has 7 nitrogen and oxygen atoms in total. The normalized spacial score (nSPS) is 22.5. The highest BCUT2D eigenvalue weighted by Gasteiger charge is 2.22. The van der Waals surface area contributed by atoms with Gasteiger partial charge in [0.25, 0.3) is 0 Å². The van der Waals surface area contributed by atoms with Crippen LogP contribution in [-0.2, 0) is 11.2 Å². The first kappa shape index (κ1) is 17.0. The van der Waals surface area contributed by atoms with Gasteiger partial charge in [0, 0.05) is 12.8 Å². The number of aromatic hydroxyl groups is 1. The molecule has 0 amide bonds. The topological polar surface area (TPSA) is 104 Å². The number of nitrogens with zero attached hydrogens (tertiary/aromatic N) is 2. The summed E-state index contributed by atoms with van der Waals surface area (Å²) in [5, 5.41) is 9.64. The fourth-order valence-electron chi connectivity index (χ4n) is 2.79. The lowest BCUT2D eigenvalue weighted by Gasteiger charge is -2.22. The SMILES string of the molecule is C=C1NNC=C(C(N)=Nc2ccc(O)cc2CC)C1=N[C@H]1CCOC1. The molecule has 25 heavy (non-hydrogen) atoms. The van der Waals surface area contributed by atoms with E-state index in [0.29, 0.717) is 29.4 Å². The monoisotopic (exact) mass is 341 g/mol. The van der Waals surface area contributed by atoms with Gasteiger partial charge in [-0.3, -0.25) is 10.4 Å². The number of nitrogens with two attached hydrogens (primary N) is 1. The zero-order valence-electron chi connectivity index (χ0n) is 14.2. The molecule has 5 N–H and O–H groups in total. The van der Waals surface area contributed by atoms with Gasteiger partial charge in [-0.1, -0.05) is 13.5 Å². The van der Waals surface area contributed by atoms with E-state index in [0.717, 1.165) is 30.7 Å². The fraction of sp³-hybridized carbons (Fsp3) is 0.333. The molecule has 1 fully saturated rings. The van der Waals surface area contributed by atoms with Crippen LogP contribution in [0, 0.1) is 0 Å². The van der Waals surface area contributed by atoms with E-state index in [1.807, 2.05) is 6.92 Å². The number of benzene rings is 1. The third-order valence-electron chi connectivity index (χ3n) is 4.16. The Morgan fingerprint density at radius 3 is 3.04 bits per heavy atom. The van der Waals surface area contributed by atoms with Crippen molar-refractivity contribution in [3.8, 4) is 5.75 Å². The largest absolute Gasteiger partial charge is 0.508 e. The van der Waals surface area contributed by atoms with E-state index >= 15 is 0 Å². The predicted molar refractivity (Wildman–Crippen MR) is 98.9 cm³/mol. The van der Waals surface area contributed by atoms with Crippen LogP contribution in [0.25, 0.3) is 0 Å². The van der Waals surface area contributed by atoms with Gasteiger partial charge < -0.3 is 21.0 Å². The van der Waals surface area contributed by atoms with E-state index in [4.69, 9.17) is 15.5 Å². The van der Waals surface area contributed by atoms with Crippen molar-refractivity contribution < 1.29 is 9.84 Å². The lowest BCUT2D eigenvalue weighted by atomic mass is 10.1. The van der Waals surface area contributed by atoms with Crippen LogP contribution in [0.15, 0.2) is 52.2 Å². The van der Waals surface area contributed by atoms with Crippen molar-refractivity contribution in [3.05, 3.63) is 47.8 Å². The van der Waals surface area contributed by atoms with Gasteiger partial charge in [0.2, 0.25) is 0 Å². The molecule has 1 atom stereocenters. The molecule has 132 valence electrons. The molecule has 2 heterocycles. The minimum Gasteiger partial charge on any atom is -0.508 e. The average molecular weight is 341 g/mol. The summed E-state index contributed by atoms with van der Waals surface area (Å²) in [4.78, 5) is 9.29. The zero-order valence-corrected chi connectivity index (χ0v) is 14.2. The highest BCUT2D eigenvalue weighted by Crippen LogP contribution is 2.25. The molecule has 0 aliphatic carbocycles. The van der Waals surface area contributed by atoms with E-state index in [-0.39, 0.29) is 11.8 Å². The number of phenols is 1. The van der Waals surface area contributed by atoms with E-state index < -0.39 is 0 Å². The second kappa shape index (κ2) is 7.40. The van der Waals surface area contributed by atoms with E-state index in [9.17, 15) is 5.11 Å². The van der Waals surface area contributed by atoms with Crippen LogP contribution in [-0.4, -0.2) is 35.9 Å². The molecule has 0 aromatic heterocycles. The Balaban J connectivity index is 1.94. The fourth-order valence-corrected chi connectivity index (χ4v) is 2.79. The van der Waals surface area contributed by atoms with Gasteiger partial charge in [-0.15, -0.1) is 0 Å². The molecular formula is C18H23N5O2. The number of amidine groups is 1. The van der Waals surface area contributed by atoms with Crippen LogP contribution < -0.4 is 16.6 Å². The molecule has 0 radical (unpaired) electrons. The third kappa shape index (κ3) is 3.83. The number of aryl methyl sites for hydroxylation is 1. The van der Waals surface area contributed by atoms with Gasteiger partial charge in [0.15, 0.2) is 0 Å². The molecule has 1 saturated heterocycles. The Morgan fingerprint density at radius 2 is 2.32 bits per heavy atom. The quantitative estimate of drug-likeness (QED) is 0.493. The van der Waals surface area contributed by atoms with Crippen molar-refractivity contribution in [1.29, 1.82) is 0 Å². The number of phenolic OH excluding ortho intramolecular Hbond substituents is 1. The molecule has 7 heteroatoms. The first-order chi connectivity index (χ1) is 12.1. The predicted octanol–water partition coefficient (Wildman–Crippen LogP) is 1.68. The van der Waals surface area contributed by atoms with E-state index in [2.05, 4.69) is 22.4 Å². The Morgan fingerprint density at radius 1 is 1.48 bits per heavy atom. The Hall–Kier alpha value is -2.80. The molecule has 3 rings (SSSR count). The maximum Gasteiger partial charge on any atom is 0.135 e. The van der Waals surface area contributed by atoms with Crippen molar-refractivity contribution in [1.82, 2.24) is 10.9 Å². The second-order valence-corrected chi connectivity index (χ2v) is 5.96. The van der Waals surface area contributed by atoms with Crippen molar-refractivity contribution >= 4 is 17.2 Å². The Labute approximate surface area is 147 Å². The number of nitrogens with one attached hydrogen (secondary N) is 2. The maximum absolute atomic E-state index is 9.64. The minimum atomic E-state index is 0.0997. The smallest absolute Gasteiger partial charge is 0.135 e. The summed E-state index contributed by atoms with van der Waals surface area (Å²) >= 11 is 0. The number of allylic oxidation sites excluding steroid dienone is 1. The summed E-state index contributed by atoms with van der Waals surface area (Å²) in [6, 6.07) is 5.16. The van der Waals surface area contributed by atoms with Gasteiger partial charge in [0.05, 0.1) is 35.3 Å². The molecule has 0 spiro atoms. The Kier molecular flexibility index (Phi) is 5.04. The molecule has 1 aromatic rings. The van der Waals surface area contributed by atoms with Gasteiger partial charge in [-0.05, 0) is 36.6 Å². The van der Waals surface area contributed by atoms with Crippen LogP contribution >= 0.6 is 0 Å².